The molecule has 0 unspecified atom stereocenters. The summed E-state index contributed by atoms with van der Waals surface area (Å²) in [6, 6.07) is 0. The SMILES string of the molecule is CC(C)OC(=O)C([SiH3])=C(C(C)C)C(C)C. The maximum absolute atomic E-state index is 11.8. The van der Waals surface area contributed by atoms with Gasteiger partial charge in [-0.25, -0.2) is 4.79 Å². The van der Waals surface area contributed by atoms with Crippen molar-refractivity contribution < 1.29 is 9.53 Å². The number of esters is 1. The van der Waals surface area contributed by atoms with Crippen molar-refractivity contribution in [2.45, 2.75) is 47.6 Å². The van der Waals surface area contributed by atoms with Crippen LogP contribution in [0, 0.1) is 11.8 Å². The van der Waals surface area contributed by atoms with Gasteiger partial charge in [0.2, 0.25) is 0 Å². The van der Waals surface area contributed by atoms with Gasteiger partial charge in [0.1, 0.15) is 0 Å². The average Bonchev–Trinajstić information content (AvgIpc) is 2.00. The highest BCUT2D eigenvalue weighted by Gasteiger charge is 2.17. The fraction of sp³-hybridized carbons (Fsp3) is 0.750. The topological polar surface area (TPSA) is 26.3 Å². The van der Waals surface area contributed by atoms with Crippen LogP contribution in [0.1, 0.15) is 41.5 Å². The van der Waals surface area contributed by atoms with E-state index in [0.29, 0.717) is 11.8 Å². The van der Waals surface area contributed by atoms with E-state index in [1.165, 1.54) is 5.57 Å². The summed E-state index contributed by atoms with van der Waals surface area (Å²) >= 11 is 0. The van der Waals surface area contributed by atoms with Gasteiger partial charge in [-0.1, -0.05) is 33.3 Å². The van der Waals surface area contributed by atoms with E-state index in [9.17, 15) is 4.79 Å². The Bertz CT molecular complexity index is 242. The van der Waals surface area contributed by atoms with Crippen LogP contribution < -0.4 is 0 Å². The lowest BCUT2D eigenvalue weighted by Gasteiger charge is -2.19. The van der Waals surface area contributed by atoms with Gasteiger partial charge in [-0.05, 0) is 25.7 Å². The minimum atomic E-state index is -0.117. The molecular weight excluding hydrogens is 204 g/mol. The number of hydrogen-bond donors (Lipinski definition) is 0. The lowest BCUT2D eigenvalue weighted by molar-refractivity contribution is -0.141. The lowest BCUT2D eigenvalue weighted by atomic mass is 9.92. The first kappa shape index (κ1) is 14.4. The smallest absolute Gasteiger partial charge is 0.329 e. The third-order valence-corrected chi connectivity index (χ3v) is 3.31. The zero-order valence-corrected chi connectivity index (χ0v) is 13.0. The fourth-order valence-corrected chi connectivity index (χ4v) is 3.23. The Kier molecular flexibility index (Phi) is 5.87. The molecule has 0 aliphatic heterocycles. The zero-order valence-electron chi connectivity index (χ0n) is 11.0. The van der Waals surface area contributed by atoms with Crippen LogP contribution in [0.4, 0.5) is 0 Å². The van der Waals surface area contributed by atoms with E-state index < -0.39 is 0 Å². The predicted molar refractivity (Wildman–Crippen MR) is 67.9 cm³/mol. The Morgan fingerprint density at radius 3 is 1.67 bits per heavy atom. The second kappa shape index (κ2) is 6.11. The molecule has 0 saturated heterocycles. The predicted octanol–water partition coefficient (Wildman–Crippen LogP) is 1.87. The van der Waals surface area contributed by atoms with E-state index in [0.717, 1.165) is 15.4 Å². The van der Waals surface area contributed by atoms with Crippen molar-refractivity contribution in [1.29, 1.82) is 0 Å². The third kappa shape index (κ3) is 4.65. The number of rotatable bonds is 4. The molecular formula is C12H24O2Si. The molecule has 0 aliphatic rings. The highest BCUT2D eigenvalue weighted by atomic mass is 28.1. The molecule has 88 valence electrons. The number of ether oxygens (including phenoxy) is 1. The van der Waals surface area contributed by atoms with Gasteiger partial charge >= 0.3 is 5.97 Å². The summed E-state index contributed by atoms with van der Waals surface area (Å²) in [7, 11) is 0.762. The molecule has 0 spiro atoms. The second-order valence-electron chi connectivity index (χ2n) is 4.84. The Balaban J connectivity index is 4.93. The van der Waals surface area contributed by atoms with Gasteiger partial charge in [0, 0.05) is 15.4 Å². The summed E-state index contributed by atoms with van der Waals surface area (Å²) < 4.78 is 5.23. The molecule has 0 aromatic heterocycles. The van der Waals surface area contributed by atoms with Crippen molar-refractivity contribution in [3.05, 3.63) is 10.8 Å². The maximum atomic E-state index is 11.8. The highest BCUT2D eigenvalue weighted by molar-refractivity contribution is 6.35. The van der Waals surface area contributed by atoms with Crippen LogP contribution in [0.15, 0.2) is 10.8 Å². The zero-order chi connectivity index (χ0) is 12.2. The first-order chi connectivity index (χ1) is 6.77. The van der Waals surface area contributed by atoms with E-state index in [-0.39, 0.29) is 12.1 Å². The van der Waals surface area contributed by atoms with Crippen LogP contribution in [0.5, 0.6) is 0 Å². The summed E-state index contributed by atoms with van der Waals surface area (Å²) in [5, 5.41) is 0.911. The number of allylic oxidation sites excluding steroid dienone is 1. The largest absolute Gasteiger partial charge is 0.460 e. The van der Waals surface area contributed by atoms with Crippen molar-refractivity contribution in [3.8, 4) is 0 Å². The normalized spacial score (nSPS) is 11.3. The Labute approximate surface area is 96.5 Å². The second-order valence-corrected chi connectivity index (χ2v) is 5.84. The molecule has 15 heavy (non-hydrogen) atoms. The van der Waals surface area contributed by atoms with Crippen molar-refractivity contribution in [2.24, 2.45) is 11.8 Å². The van der Waals surface area contributed by atoms with Crippen molar-refractivity contribution in [1.82, 2.24) is 0 Å². The molecule has 0 aliphatic carbocycles. The molecule has 0 radical (unpaired) electrons. The van der Waals surface area contributed by atoms with Crippen molar-refractivity contribution in [3.63, 3.8) is 0 Å². The van der Waals surface area contributed by atoms with Gasteiger partial charge in [-0.2, -0.15) is 0 Å². The standard InChI is InChI=1S/C12H24O2Si/c1-7(2)10(8(3)4)11(15)12(13)14-9(5)6/h7-9H,1-6,15H3. The molecule has 2 nitrogen and oxygen atoms in total. The van der Waals surface area contributed by atoms with Crippen LogP contribution in [-0.4, -0.2) is 22.3 Å². The summed E-state index contributed by atoms with van der Waals surface area (Å²) in [5.41, 5.74) is 1.26. The molecule has 0 heterocycles. The van der Waals surface area contributed by atoms with Crippen LogP contribution >= 0.6 is 0 Å². The Morgan fingerprint density at radius 1 is 1.00 bits per heavy atom. The Morgan fingerprint density at radius 2 is 1.40 bits per heavy atom. The van der Waals surface area contributed by atoms with E-state index in [1.807, 2.05) is 13.8 Å². The maximum Gasteiger partial charge on any atom is 0.329 e. The third-order valence-electron chi connectivity index (χ3n) is 2.33. The summed E-state index contributed by atoms with van der Waals surface area (Å²) in [5.74, 6) is 0.739. The fourth-order valence-electron chi connectivity index (χ4n) is 1.95. The van der Waals surface area contributed by atoms with Gasteiger partial charge in [0.05, 0.1) is 6.10 Å². The molecule has 0 amide bonds. The van der Waals surface area contributed by atoms with Crippen molar-refractivity contribution >= 4 is 16.2 Å². The number of hydrogen-bond acceptors (Lipinski definition) is 2. The molecule has 0 fully saturated rings. The van der Waals surface area contributed by atoms with Crippen molar-refractivity contribution in [2.75, 3.05) is 0 Å². The molecule has 3 heteroatoms. The summed E-state index contributed by atoms with van der Waals surface area (Å²) in [4.78, 5) is 11.8. The lowest BCUT2D eigenvalue weighted by Crippen LogP contribution is -2.18. The monoisotopic (exact) mass is 228 g/mol. The van der Waals surface area contributed by atoms with Crippen LogP contribution in [0.3, 0.4) is 0 Å². The minimum Gasteiger partial charge on any atom is -0.460 e. The quantitative estimate of drug-likeness (QED) is 0.417. The van der Waals surface area contributed by atoms with Crippen LogP contribution in [0.25, 0.3) is 0 Å². The van der Waals surface area contributed by atoms with Gasteiger partial charge in [-0.15, -0.1) is 0 Å². The minimum absolute atomic E-state index is 0.0259. The number of carbonyl (C=O) groups excluding carboxylic acids is 1. The first-order valence-corrected chi connectivity index (χ1v) is 6.69. The molecule has 0 rings (SSSR count). The summed E-state index contributed by atoms with van der Waals surface area (Å²) in [6.07, 6.45) is -0.0259. The molecule has 0 bridgehead atoms. The van der Waals surface area contributed by atoms with E-state index in [1.54, 1.807) is 0 Å². The van der Waals surface area contributed by atoms with Crippen LogP contribution in [-0.2, 0) is 9.53 Å². The van der Waals surface area contributed by atoms with Gasteiger partial charge < -0.3 is 4.74 Å². The van der Waals surface area contributed by atoms with Gasteiger partial charge in [0.15, 0.2) is 0 Å². The molecule has 0 aromatic carbocycles. The van der Waals surface area contributed by atoms with Crippen LogP contribution in [0.2, 0.25) is 0 Å². The molecule has 0 aromatic rings. The first-order valence-electron chi connectivity index (χ1n) is 5.69. The van der Waals surface area contributed by atoms with Gasteiger partial charge in [0.25, 0.3) is 0 Å². The number of carbonyl (C=O) groups is 1. The summed E-state index contributed by atoms with van der Waals surface area (Å²) in [6.45, 7) is 12.3. The Hall–Kier alpha value is -0.573. The average molecular weight is 228 g/mol. The van der Waals surface area contributed by atoms with Gasteiger partial charge in [-0.3, -0.25) is 0 Å². The molecule has 0 atom stereocenters. The van der Waals surface area contributed by atoms with E-state index >= 15 is 0 Å². The molecule has 0 N–H and O–H groups in total. The highest BCUT2D eigenvalue weighted by Crippen LogP contribution is 2.22. The molecule has 0 saturated carbocycles. The van der Waals surface area contributed by atoms with E-state index in [2.05, 4.69) is 27.7 Å². The van der Waals surface area contributed by atoms with E-state index in [4.69, 9.17) is 4.74 Å².